The minimum Gasteiger partial charge on any atom is -0.354 e. The van der Waals surface area contributed by atoms with Crippen molar-refractivity contribution in [2.45, 2.75) is 13.8 Å². The summed E-state index contributed by atoms with van der Waals surface area (Å²) in [6.07, 6.45) is 0. The lowest BCUT2D eigenvalue weighted by atomic mass is 9.93. The van der Waals surface area contributed by atoms with Crippen molar-refractivity contribution in [3.05, 3.63) is 60.2 Å². The molecule has 144 valence electrons. The van der Waals surface area contributed by atoms with Gasteiger partial charge in [0.15, 0.2) is 0 Å². The van der Waals surface area contributed by atoms with Crippen LogP contribution in [0.25, 0.3) is 11.1 Å². The lowest BCUT2D eigenvalue weighted by Gasteiger charge is -2.28. The average Bonchev–Trinajstić information content (AvgIpc) is 2.64. The van der Waals surface area contributed by atoms with Gasteiger partial charge in [0.25, 0.3) is 5.91 Å². The molecule has 0 spiro atoms. The highest BCUT2D eigenvalue weighted by Gasteiger charge is 2.19. The first-order valence-corrected chi connectivity index (χ1v) is 9.12. The maximum Gasteiger partial charge on any atom is 0.251 e. The lowest BCUT2D eigenvalue weighted by Crippen LogP contribution is -2.43. The third-order valence-electron chi connectivity index (χ3n) is 4.17. The number of nitrogens with zero attached hydrogens (tertiary/aromatic N) is 1. The number of benzene rings is 2. The second-order valence-corrected chi connectivity index (χ2v) is 7.80. The summed E-state index contributed by atoms with van der Waals surface area (Å²) in [4.78, 5) is 26.3. The van der Waals surface area contributed by atoms with E-state index in [-0.39, 0.29) is 23.8 Å². The highest BCUT2D eigenvalue weighted by molar-refractivity contribution is 5.96. The molecule has 27 heavy (non-hydrogen) atoms. The third-order valence-corrected chi connectivity index (χ3v) is 4.17. The third kappa shape index (κ3) is 6.87. The highest BCUT2D eigenvalue weighted by atomic mass is 16.2. The number of carbonyl (C=O) groups is 2. The maximum atomic E-state index is 12.2. The predicted octanol–water partition coefficient (Wildman–Crippen LogP) is 2.79. The van der Waals surface area contributed by atoms with Crippen LogP contribution in [0.3, 0.4) is 0 Å². The van der Waals surface area contributed by atoms with Gasteiger partial charge in [-0.2, -0.15) is 0 Å². The average molecular weight is 367 g/mol. The molecule has 2 aromatic carbocycles. The second kappa shape index (κ2) is 9.33. The van der Waals surface area contributed by atoms with Crippen LogP contribution < -0.4 is 10.6 Å². The number of nitrogens with one attached hydrogen (secondary N) is 2. The van der Waals surface area contributed by atoms with Crippen LogP contribution in [0.5, 0.6) is 0 Å². The fourth-order valence-corrected chi connectivity index (χ4v) is 3.02. The van der Waals surface area contributed by atoms with E-state index in [9.17, 15) is 9.59 Å². The molecule has 2 aromatic rings. The zero-order valence-corrected chi connectivity index (χ0v) is 16.6. The quantitative estimate of drug-likeness (QED) is 0.754. The Bertz CT molecular complexity index is 753. The molecule has 0 unspecified atom stereocenters. The molecule has 5 nitrogen and oxygen atoms in total. The molecule has 0 saturated carbocycles. The molecule has 0 saturated heterocycles. The van der Waals surface area contributed by atoms with Crippen molar-refractivity contribution in [3.63, 3.8) is 0 Å². The molecular formula is C22H29N3O2. The van der Waals surface area contributed by atoms with Crippen molar-refractivity contribution in [2.24, 2.45) is 5.41 Å². The zero-order chi connectivity index (χ0) is 19.9. The minimum absolute atomic E-state index is 0.0304. The van der Waals surface area contributed by atoms with E-state index in [1.54, 1.807) is 12.1 Å². The van der Waals surface area contributed by atoms with Gasteiger partial charge < -0.3 is 15.5 Å². The standard InChI is InChI=1S/C22H29N3O2/c1-22(2,16-25(3)4)15-24-20(26)14-23-21(27)19-12-10-18(11-13-19)17-8-6-5-7-9-17/h5-13H,14-16H2,1-4H3,(H,23,27)(H,24,26). The van der Waals surface area contributed by atoms with Crippen LogP contribution in [0.15, 0.2) is 54.6 Å². The summed E-state index contributed by atoms with van der Waals surface area (Å²) >= 11 is 0. The Balaban J connectivity index is 1.82. The Hall–Kier alpha value is -2.66. The molecule has 2 rings (SSSR count). The molecule has 0 radical (unpaired) electrons. The molecule has 0 aliphatic heterocycles. The molecule has 0 aromatic heterocycles. The SMILES string of the molecule is CN(C)CC(C)(C)CNC(=O)CNC(=O)c1ccc(-c2ccccc2)cc1. The molecular weight excluding hydrogens is 338 g/mol. The van der Waals surface area contributed by atoms with Crippen LogP contribution >= 0.6 is 0 Å². The second-order valence-electron chi connectivity index (χ2n) is 7.80. The fourth-order valence-electron chi connectivity index (χ4n) is 3.02. The Morgan fingerprint density at radius 1 is 0.889 bits per heavy atom. The summed E-state index contributed by atoms with van der Waals surface area (Å²) in [5.74, 6) is -0.437. The number of hydrogen-bond acceptors (Lipinski definition) is 3. The van der Waals surface area contributed by atoms with Crippen molar-refractivity contribution in [1.29, 1.82) is 0 Å². The van der Waals surface area contributed by atoms with Gasteiger partial charge in [-0.3, -0.25) is 9.59 Å². The monoisotopic (exact) mass is 367 g/mol. The van der Waals surface area contributed by atoms with Gasteiger partial charge in [-0.25, -0.2) is 0 Å². The number of hydrogen-bond donors (Lipinski definition) is 2. The van der Waals surface area contributed by atoms with E-state index in [0.29, 0.717) is 12.1 Å². The van der Waals surface area contributed by atoms with E-state index in [0.717, 1.165) is 17.7 Å². The van der Waals surface area contributed by atoms with Gasteiger partial charge in [0.1, 0.15) is 0 Å². The number of carbonyl (C=O) groups excluding carboxylic acids is 2. The van der Waals surface area contributed by atoms with E-state index in [1.807, 2.05) is 56.6 Å². The van der Waals surface area contributed by atoms with Crippen LogP contribution in [0.4, 0.5) is 0 Å². The number of rotatable bonds is 8. The molecule has 2 N–H and O–H groups in total. The molecule has 0 bridgehead atoms. The van der Waals surface area contributed by atoms with Crippen LogP contribution in [0, 0.1) is 5.41 Å². The van der Waals surface area contributed by atoms with Gasteiger partial charge in [-0.05, 0) is 42.8 Å². The van der Waals surface area contributed by atoms with Crippen LogP contribution in [0.1, 0.15) is 24.2 Å². The first-order chi connectivity index (χ1) is 12.8. The maximum absolute atomic E-state index is 12.2. The van der Waals surface area contributed by atoms with Gasteiger partial charge in [-0.1, -0.05) is 56.3 Å². The summed E-state index contributed by atoms with van der Waals surface area (Å²) < 4.78 is 0. The summed E-state index contributed by atoms with van der Waals surface area (Å²) in [6.45, 7) is 5.59. The Labute approximate surface area is 161 Å². The first kappa shape index (κ1) is 20.6. The zero-order valence-electron chi connectivity index (χ0n) is 16.6. The molecule has 0 aliphatic carbocycles. The minimum atomic E-state index is -0.252. The molecule has 2 amide bonds. The Morgan fingerprint density at radius 2 is 1.48 bits per heavy atom. The normalized spacial score (nSPS) is 11.3. The van der Waals surface area contributed by atoms with Gasteiger partial charge in [0, 0.05) is 18.7 Å². The molecule has 0 atom stereocenters. The van der Waals surface area contributed by atoms with E-state index in [1.165, 1.54) is 0 Å². The summed E-state index contributed by atoms with van der Waals surface area (Å²) in [5.41, 5.74) is 2.66. The van der Waals surface area contributed by atoms with Crippen molar-refractivity contribution >= 4 is 11.8 Å². The number of amides is 2. The van der Waals surface area contributed by atoms with Crippen LogP contribution in [-0.4, -0.2) is 50.4 Å². The van der Waals surface area contributed by atoms with Gasteiger partial charge in [-0.15, -0.1) is 0 Å². The van der Waals surface area contributed by atoms with E-state index in [2.05, 4.69) is 29.4 Å². The van der Waals surface area contributed by atoms with Crippen LogP contribution in [0.2, 0.25) is 0 Å². The van der Waals surface area contributed by atoms with E-state index >= 15 is 0 Å². The van der Waals surface area contributed by atoms with Crippen molar-refractivity contribution in [3.8, 4) is 11.1 Å². The summed E-state index contributed by atoms with van der Waals surface area (Å²) in [5, 5.41) is 5.56. The van der Waals surface area contributed by atoms with Gasteiger partial charge >= 0.3 is 0 Å². The molecule has 0 aliphatic rings. The van der Waals surface area contributed by atoms with Gasteiger partial charge in [0.2, 0.25) is 5.91 Å². The van der Waals surface area contributed by atoms with Crippen molar-refractivity contribution in [2.75, 3.05) is 33.7 Å². The van der Waals surface area contributed by atoms with Crippen LogP contribution in [-0.2, 0) is 4.79 Å². The summed E-state index contributed by atoms with van der Waals surface area (Å²) in [7, 11) is 4.01. The topological polar surface area (TPSA) is 61.4 Å². The van der Waals surface area contributed by atoms with Crippen molar-refractivity contribution < 1.29 is 9.59 Å². The lowest BCUT2D eigenvalue weighted by molar-refractivity contribution is -0.120. The molecule has 0 heterocycles. The molecule has 5 heteroatoms. The first-order valence-electron chi connectivity index (χ1n) is 9.12. The Morgan fingerprint density at radius 3 is 2.07 bits per heavy atom. The fraction of sp³-hybridized carbons (Fsp3) is 0.364. The highest BCUT2D eigenvalue weighted by Crippen LogP contribution is 2.19. The van der Waals surface area contributed by atoms with E-state index < -0.39 is 0 Å². The van der Waals surface area contributed by atoms with E-state index in [4.69, 9.17) is 0 Å². The smallest absolute Gasteiger partial charge is 0.251 e. The predicted molar refractivity (Wildman–Crippen MR) is 110 cm³/mol. The van der Waals surface area contributed by atoms with Gasteiger partial charge in [0.05, 0.1) is 6.54 Å². The van der Waals surface area contributed by atoms with Crippen molar-refractivity contribution in [1.82, 2.24) is 15.5 Å². The summed E-state index contributed by atoms with van der Waals surface area (Å²) in [6, 6.07) is 17.4. The molecule has 0 fully saturated rings. The Kier molecular flexibility index (Phi) is 7.13. The largest absolute Gasteiger partial charge is 0.354 e.